The van der Waals surface area contributed by atoms with Gasteiger partial charge < -0.3 is 14.9 Å². The van der Waals surface area contributed by atoms with Crippen molar-refractivity contribution in [1.29, 1.82) is 0 Å². The molecule has 0 aromatic rings. The third-order valence-corrected chi connectivity index (χ3v) is 3.83. The van der Waals surface area contributed by atoms with Crippen molar-refractivity contribution in [3.8, 4) is 0 Å². The van der Waals surface area contributed by atoms with Crippen LogP contribution < -0.4 is 0 Å². The topological polar surface area (TPSA) is 60.9 Å². The highest BCUT2D eigenvalue weighted by atomic mass is 16.4. The Morgan fingerprint density at radius 2 is 2.06 bits per heavy atom. The fourth-order valence-corrected chi connectivity index (χ4v) is 2.64. The van der Waals surface area contributed by atoms with Gasteiger partial charge in [0.15, 0.2) is 0 Å². The molecule has 0 spiro atoms. The number of carboxylic acids is 1. The number of piperidine rings is 1. The number of nitrogens with zero attached hydrogens (tertiary/aromatic N) is 2. The first-order valence-electron chi connectivity index (χ1n) is 6.64. The molecule has 0 saturated carbocycles. The van der Waals surface area contributed by atoms with Gasteiger partial charge in [0.05, 0.1) is 0 Å². The molecule has 0 aliphatic carbocycles. The van der Waals surface area contributed by atoms with Crippen LogP contribution >= 0.6 is 0 Å². The number of hydrogen-bond acceptors (Lipinski definition) is 2. The Kier molecular flexibility index (Phi) is 4.99. The lowest BCUT2D eigenvalue weighted by molar-refractivity contribution is -0.142. The minimum Gasteiger partial charge on any atom is -0.480 e. The molecule has 1 fully saturated rings. The maximum Gasteiger partial charge on any atom is 0.326 e. The summed E-state index contributed by atoms with van der Waals surface area (Å²) in [6.45, 7) is 6.73. The Labute approximate surface area is 109 Å². The van der Waals surface area contributed by atoms with Gasteiger partial charge in [-0.05, 0) is 32.1 Å². The highest BCUT2D eigenvalue weighted by Gasteiger charge is 2.32. The van der Waals surface area contributed by atoms with E-state index in [4.69, 9.17) is 5.11 Å². The second-order valence-electron chi connectivity index (χ2n) is 5.33. The number of likely N-dealkylation sites (tertiary alicyclic amines) is 1. The van der Waals surface area contributed by atoms with Crippen molar-refractivity contribution in [2.75, 3.05) is 13.6 Å². The molecule has 1 aliphatic heterocycles. The van der Waals surface area contributed by atoms with Crippen LogP contribution in [0.1, 0.15) is 40.0 Å². The van der Waals surface area contributed by atoms with E-state index in [1.807, 2.05) is 6.92 Å². The van der Waals surface area contributed by atoms with Crippen LogP contribution in [0.25, 0.3) is 0 Å². The van der Waals surface area contributed by atoms with E-state index in [1.165, 1.54) is 4.90 Å². The predicted octanol–water partition coefficient (Wildman–Crippen LogP) is 2.02. The smallest absolute Gasteiger partial charge is 0.326 e. The van der Waals surface area contributed by atoms with Gasteiger partial charge in [-0.1, -0.05) is 13.8 Å². The minimum atomic E-state index is -0.939. The molecule has 0 bridgehead atoms. The summed E-state index contributed by atoms with van der Waals surface area (Å²) in [5.74, 6) is -0.304. The van der Waals surface area contributed by atoms with Crippen molar-refractivity contribution in [3.05, 3.63) is 0 Å². The van der Waals surface area contributed by atoms with Crippen molar-refractivity contribution in [3.63, 3.8) is 0 Å². The number of likely N-dealkylation sites (N-methyl/N-ethyl adjacent to an activating group) is 1. The first-order valence-corrected chi connectivity index (χ1v) is 6.64. The monoisotopic (exact) mass is 256 g/mol. The highest BCUT2D eigenvalue weighted by Crippen LogP contribution is 2.23. The van der Waals surface area contributed by atoms with Crippen LogP contribution in [0.5, 0.6) is 0 Å². The molecular formula is C13H24N2O3. The summed E-state index contributed by atoms with van der Waals surface area (Å²) >= 11 is 0. The number of rotatable bonds is 3. The first-order chi connectivity index (χ1) is 8.38. The lowest BCUT2D eigenvalue weighted by Gasteiger charge is -2.39. The molecule has 104 valence electrons. The van der Waals surface area contributed by atoms with E-state index in [1.54, 1.807) is 18.9 Å². The van der Waals surface area contributed by atoms with E-state index in [0.717, 1.165) is 19.4 Å². The Bertz CT molecular complexity index is 319. The largest absolute Gasteiger partial charge is 0.480 e. The molecule has 18 heavy (non-hydrogen) atoms. The van der Waals surface area contributed by atoms with E-state index in [-0.39, 0.29) is 12.1 Å². The third kappa shape index (κ3) is 3.15. The van der Waals surface area contributed by atoms with Crippen molar-refractivity contribution in [2.24, 2.45) is 5.92 Å². The summed E-state index contributed by atoms with van der Waals surface area (Å²) in [5.41, 5.74) is 0. The molecular weight excluding hydrogens is 232 g/mol. The molecule has 5 heteroatoms. The van der Waals surface area contributed by atoms with Gasteiger partial charge in [-0.3, -0.25) is 0 Å². The summed E-state index contributed by atoms with van der Waals surface area (Å²) in [4.78, 5) is 26.5. The molecule has 0 aromatic heterocycles. The second-order valence-corrected chi connectivity index (χ2v) is 5.33. The fraction of sp³-hybridized carbons (Fsp3) is 0.846. The molecule has 1 heterocycles. The van der Waals surface area contributed by atoms with Gasteiger partial charge in [-0.2, -0.15) is 0 Å². The molecule has 1 N–H and O–H groups in total. The normalized spacial score (nSPS) is 25.7. The average Bonchev–Trinajstić information content (AvgIpc) is 2.28. The molecule has 1 saturated heterocycles. The molecule has 1 aliphatic rings. The quantitative estimate of drug-likeness (QED) is 0.840. The van der Waals surface area contributed by atoms with Gasteiger partial charge in [0, 0.05) is 19.6 Å². The summed E-state index contributed by atoms with van der Waals surface area (Å²) < 4.78 is 0. The van der Waals surface area contributed by atoms with E-state index < -0.39 is 12.0 Å². The molecule has 2 amide bonds. The number of carbonyl (C=O) groups excluding carboxylic acids is 1. The van der Waals surface area contributed by atoms with Gasteiger partial charge in [0.1, 0.15) is 6.04 Å². The van der Waals surface area contributed by atoms with Gasteiger partial charge in [0.25, 0.3) is 0 Å². The number of carboxylic acid groups (broad SMARTS) is 1. The van der Waals surface area contributed by atoms with Gasteiger partial charge in [-0.15, -0.1) is 0 Å². The molecule has 0 aromatic carbocycles. The number of amides is 2. The van der Waals surface area contributed by atoms with Gasteiger partial charge in [0.2, 0.25) is 0 Å². The van der Waals surface area contributed by atoms with Crippen LogP contribution in [0.15, 0.2) is 0 Å². The molecule has 0 radical (unpaired) electrons. The van der Waals surface area contributed by atoms with E-state index in [2.05, 4.69) is 6.92 Å². The van der Waals surface area contributed by atoms with Crippen LogP contribution in [-0.2, 0) is 4.79 Å². The predicted molar refractivity (Wildman–Crippen MR) is 69.4 cm³/mol. The lowest BCUT2D eigenvalue weighted by atomic mass is 9.93. The zero-order valence-corrected chi connectivity index (χ0v) is 11.7. The molecule has 1 rings (SSSR count). The van der Waals surface area contributed by atoms with Crippen molar-refractivity contribution < 1.29 is 14.7 Å². The lowest BCUT2D eigenvalue weighted by Crippen LogP contribution is -2.53. The van der Waals surface area contributed by atoms with Crippen LogP contribution in [0.2, 0.25) is 0 Å². The number of urea groups is 1. The Morgan fingerprint density at radius 1 is 1.44 bits per heavy atom. The second kappa shape index (κ2) is 6.07. The van der Waals surface area contributed by atoms with Crippen LogP contribution in [-0.4, -0.2) is 52.6 Å². The van der Waals surface area contributed by atoms with Crippen molar-refractivity contribution in [2.45, 2.75) is 52.1 Å². The standard InChI is InChI=1S/C13H24N2O3/c1-5-11(12(16)17)14(4)13(18)15-7-6-9(2)8-10(15)3/h9-11H,5-8H2,1-4H3,(H,16,17). The van der Waals surface area contributed by atoms with Gasteiger partial charge >= 0.3 is 12.0 Å². The summed E-state index contributed by atoms with van der Waals surface area (Å²) in [6.07, 6.45) is 2.41. The van der Waals surface area contributed by atoms with Crippen LogP contribution in [0.4, 0.5) is 4.79 Å². The molecule has 3 unspecified atom stereocenters. The fourth-order valence-electron chi connectivity index (χ4n) is 2.64. The van der Waals surface area contributed by atoms with Crippen molar-refractivity contribution in [1.82, 2.24) is 9.80 Å². The number of aliphatic carboxylic acids is 1. The summed E-state index contributed by atoms with van der Waals surface area (Å²) in [7, 11) is 1.58. The Balaban J connectivity index is 2.71. The third-order valence-electron chi connectivity index (χ3n) is 3.83. The zero-order chi connectivity index (χ0) is 13.9. The summed E-state index contributed by atoms with van der Waals surface area (Å²) in [5, 5.41) is 9.09. The highest BCUT2D eigenvalue weighted by molar-refractivity contribution is 5.82. The zero-order valence-electron chi connectivity index (χ0n) is 11.7. The minimum absolute atomic E-state index is 0.163. The SMILES string of the molecule is CCC(C(=O)O)N(C)C(=O)N1CCC(C)CC1C. The van der Waals surface area contributed by atoms with E-state index in [0.29, 0.717) is 12.3 Å². The molecule has 3 atom stereocenters. The number of hydrogen-bond donors (Lipinski definition) is 1. The summed E-state index contributed by atoms with van der Waals surface area (Å²) in [6, 6.07) is -0.706. The van der Waals surface area contributed by atoms with E-state index >= 15 is 0 Å². The van der Waals surface area contributed by atoms with Crippen LogP contribution in [0.3, 0.4) is 0 Å². The van der Waals surface area contributed by atoms with E-state index in [9.17, 15) is 9.59 Å². The maximum atomic E-state index is 12.3. The maximum absolute atomic E-state index is 12.3. The number of carbonyl (C=O) groups is 2. The first kappa shape index (κ1) is 14.8. The van der Waals surface area contributed by atoms with Crippen molar-refractivity contribution >= 4 is 12.0 Å². The average molecular weight is 256 g/mol. The molecule has 5 nitrogen and oxygen atoms in total. The van der Waals surface area contributed by atoms with Gasteiger partial charge in [-0.25, -0.2) is 9.59 Å². The Hall–Kier alpha value is -1.26. The van der Waals surface area contributed by atoms with Crippen LogP contribution in [0, 0.1) is 5.92 Å². The Morgan fingerprint density at radius 3 is 2.50 bits per heavy atom.